The minimum absolute atomic E-state index is 0.00891. The lowest BCUT2D eigenvalue weighted by Crippen LogP contribution is -2.32. The van der Waals surface area contributed by atoms with E-state index >= 15 is 0 Å². The van der Waals surface area contributed by atoms with Crippen LogP contribution >= 0.6 is 23.5 Å². The fourth-order valence-corrected chi connectivity index (χ4v) is 4.98. The van der Waals surface area contributed by atoms with Gasteiger partial charge in [-0.2, -0.15) is 0 Å². The number of amides is 2. The highest BCUT2D eigenvalue weighted by Crippen LogP contribution is 2.29. The van der Waals surface area contributed by atoms with E-state index in [9.17, 15) is 14.9 Å². The topological polar surface area (TPSA) is 115 Å². The van der Waals surface area contributed by atoms with E-state index in [1.54, 1.807) is 23.9 Å². The van der Waals surface area contributed by atoms with Gasteiger partial charge in [0.2, 0.25) is 0 Å². The lowest BCUT2D eigenvalue weighted by atomic mass is 10.2. The highest BCUT2D eigenvalue weighted by atomic mass is 32.2. The van der Waals surface area contributed by atoms with Gasteiger partial charge in [-0.3, -0.25) is 14.7 Å². The average Bonchev–Trinajstić information content (AvgIpc) is 3.32. The third-order valence-electron chi connectivity index (χ3n) is 5.51. The van der Waals surface area contributed by atoms with Gasteiger partial charge >= 0.3 is 6.03 Å². The van der Waals surface area contributed by atoms with E-state index in [-0.39, 0.29) is 11.7 Å². The summed E-state index contributed by atoms with van der Waals surface area (Å²) in [6.45, 7) is 3.86. The van der Waals surface area contributed by atoms with Crippen molar-refractivity contribution in [1.29, 1.82) is 0 Å². The van der Waals surface area contributed by atoms with Crippen LogP contribution in [-0.4, -0.2) is 32.0 Å². The number of benzene rings is 3. The Kier molecular flexibility index (Phi) is 8.47. The number of hydrogen-bond donors (Lipinski definition) is 2. The molecule has 11 heteroatoms. The van der Waals surface area contributed by atoms with Crippen LogP contribution in [0.1, 0.15) is 29.9 Å². The monoisotopic (exact) mass is 534 g/mol. The first-order valence-corrected chi connectivity index (χ1v) is 13.6. The molecule has 0 aliphatic heterocycles. The predicted octanol–water partition coefficient (Wildman–Crippen LogP) is 6.38. The van der Waals surface area contributed by atoms with Crippen LogP contribution in [0.15, 0.2) is 82.8 Å². The SMILES string of the molecule is CSc1ccc(NC(=O)NC(C)c2nnc(SCc3cccc(C)c3)n2-c2ccc([N+](=O)[O-])cc2)cc1. The summed E-state index contributed by atoms with van der Waals surface area (Å²) in [5.74, 6) is 1.18. The molecule has 0 saturated heterocycles. The molecule has 0 bridgehead atoms. The van der Waals surface area contributed by atoms with Crippen LogP contribution in [0, 0.1) is 17.0 Å². The van der Waals surface area contributed by atoms with E-state index < -0.39 is 11.0 Å². The van der Waals surface area contributed by atoms with Crippen LogP contribution < -0.4 is 10.6 Å². The number of urea groups is 1. The molecule has 190 valence electrons. The average molecular weight is 535 g/mol. The Bertz CT molecular complexity index is 1390. The van der Waals surface area contributed by atoms with E-state index in [0.29, 0.717) is 28.1 Å². The Hall–Kier alpha value is -3.83. The van der Waals surface area contributed by atoms with Gasteiger partial charge in [0, 0.05) is 34.2 Å². The zero-order valence-corrected chi connectivity index (χ0v) is 22.2. The van der Waals surface area contributed by atoms with Gasteiger partial charge in [0.15, 0.2) is 11.0 Å². The molecule has 0 spiro atoms. The molecule has 0 radical (unpaired) electrons. The van der Waals surface area contributed by atoms with Crippen molar-refractivity contribution in [2.75, 3.05) is 11.6 Å². The molecule has 1 heterocycles. The Morgan fingerprint density at radius 3 is 2.46 bits per heavy atom. The number of carbonyl (C=O) groups is 1. The number of nitrogens with zero attached hydrogens (tertiary/aromatic N) is 4. The van der Waals surface area contributed by atoms with Gasteiger partial charge in [0.1, 0.15) is 0 Å². The summed E-state index contributed by atoms with van der Waals surface area (Å²) in [5, 5.41) is 26.3. The normalized spacial score (nSPS) is 11.6. The molecule has 2 N–H and O–H groups in total. The fourth-order valence-electron chi connectivity index (χ4n) is 3.67. The summed E-state index contributed by atoms with van der Waals surface area (Å²) in [6, 6.07) is 21.1. The largest absolute Gasteiger partial charge is 0.328 e. The van der Waals surface area contributed by atoms with Gasteiger partial charge in [0.25, 0.3) is 5.69 Å². The summed E-state index contributed by atoms with van der Waals surface area (Å²) in [5.41, 5.74) is 3.64. The number of thioether (sulfide) groups is 2. The number of nitro groups is 1. The Morgan fingerprint density at radius 2 is 1.81 bits per heavy atom. The number of rotatable bonds is 9. The molecular formula is C26H26N6O3S2. The van der Waals surface area contributed by atoms with Gasteiger partial charge in [0.05, 0.1) is 11.0 Å². The molecule has 4 aromatic rings. The second-order valence-electron chi connectivity index (χ2n) is 8.28. The Labute approximate surface area is 223 Å². The number of anilines is 1. The molecule has 1 atom stereocenters. The van der Waals surface area contributed by atoms with Crippen molar-refractivity contribution in [3.05, 3.63) is 99.9 Å². The van der Waals surface area contributed by atoms with Gasteiger partial charge < -0.3 is 10.6 Å². The van der Waals surface area contributed by atoms with Crippen molar-refractivity contribution >= 4 is 40.9 Å². The molecule has 0 aliphatic carbocycles. The molecule has 0 saturated carbocycles. The smallest absolute Gasteiger partial charge is 0.319 e. The quantitative estimate of drug-likeness (QED) is 0.145. The molecule has 1 unspecified atom stereocenters. The lowest BCUT2D eigenvalue weighted by Gasteiger charge is -2.17. The van der Waals surface area contributed by atoms with Gasteiger partial charge in [-0.05, 0) is 62.1 Å². The third kappa shape index (κ3) is 6.69. The number of nitro benzene ring substituents is 1. The molecule has 4 rings (SSSR count). The zero-order valence-electron chi connectivity index (χ0n) is 20.5. The van der Waals surface area contributed by atoms with Gasteiger partial charge in [-0.25, -0.2) is 4.79 Å². The number of aryl methyl sites for hydroxylation is 1. The molecular weight excluding hydrogens is 508 g/mol. The maximum Gasteiger partial charge on any atom is 0.319 e. The van der Waals surface area contributed by atoms with Crippen molar-refractivity contribution in [2.45, 2.75) is 35.7 Å². The maximum absolute atomic E-state index is 12.7. The number of carbonyl (C=O) groups excluding carboxylic acids is 1. The van der Waals surface area contributed by atoms with E-state index in [0.717, 1.165) is 10.5 Å². The first-order valence-electron chi connectivity index (χ1n) is 11.4. The third-order valence-corrected chi connectivity index (χ3v) is 7.25. The fraction of sp³-hybridized carbons (Fsp3) is 0.192. The van der Waals surface area contributed by atoms with E-state index in [1.807, 2.05) is 67.1 Å². The van der Waals surface area contributed by atoms with Crippen LogP contribution in [0.2, 0.25) is 0 Å². The maximum atomic E-state index is 12.7. The van der Waals surface area contributed by atoms with Crippen LogP contribution in [0.4, 0.5) is 16.2 Å². The van der Waals surface area contributed by atoms with Gasteiger partial charge in [-0.15, -0.1) is 22.0 Å². The van der Waals surface area contributed by atoms with Crippen LogP contribution in [-0.2, 0) is 5.75 Å². The molecule has 1 aromatic heterocycles. The molecule has 3 aromatic carbocycles. The molecule has 9 nitrogen and oxygen atoms in total. The van der Waals surface area contributed by atoms with Crippen LogP contribution in [0.25, 0.3) is 5.69 Å². The van der Waals surface area contributed by atoms with Crippen LogP contribution in [0.5, 0.6) is 0 Å². The second kappa shape index (κ2) is 11.9. The molecule has 37 heavy (non-hydrogen) atoms. The standard InChI is InChI=1S/C26H26N6O3S2/c1-17-5-4-6-19(15-17)16-37-26-30-29-24(31(26)21-9-11-22(12-10-21)32(34)35)18(2)27-25(33)28-20-7-13-23(36-3)14-8-20/h4-15,18H,16H2,1-3H3,(H2,27,28,33). The molecule has 2 amide bonds. The summed E-state index contributed by atoms with van der Waals surface area (Å²) in [6.07, 6.45) is 1.99. The zero-order chi connectivity index (χ0) is 26.4. The Morgan fingerprint density at radius 1 is 1.08 bits per heavy atom. The first kappa shape index (κ1) is 26.2. The lowest BCUT2D eigenvalue weighted by molar-refractivity contribution is -0.384. The van der Waals surface area contributed by atoms with Crippen LogP contribution in [0.3, 0.4) is 0 Å². The van der Waals surface area contributed by atoms with E-state index in [2.05, 4.69) is 26.9 Å². The second-order valence-corrected chi connectivity index (χ2v) is 10.1. The summed E-state index contributed by atoms with van der Waals surface area (Å²) in [7, 11) is 0. The number of nitrogens with one attached hydrogen (secondary N) is 2. The van der Waals surface area contributed by atoms with E-state index in [4.69, 9.17) is 0 Å². The van der Waals surface area contributed by atoms with Crippen molar-refractivity contribution in [3.8, 4) is 5.69 Å². The molecule has 0 aliphatic rings. The minimum Gasteiger partial charge on any atom is -0.328 e. The summed E-state index contributed by atoms with van der Waals surface area (Å²) >= 11 is 3.13. The Balaban J connectivity index is 1.57. The summed E-state index contributed by atoms with van der Waals surface area (Å²) in [4.78, 5) is 24.5. The van der Waals surface area contributed by atoms with Crippen molar-refractivity contribution in [1.82, 2.24) is 20.1 Å². The highest BCUT2D eigenvalue weighted by Gasteiger charge is 2.22. The number of hydrogen-bond acceptors (Lipinski definition) is 7. The predicted molar refractivity (Wildman–Crippen MR) is 148 cm³/mol. The van der Waals surface area contributed by atoms with Crippen molar-refractivity contribution in [2.24, 2.45) is 0 Å². The van der Waals surface area contributed by atoms with Gasteiger partial charge in [-0.1, -0.05) is 41.6 Å². The number of aromatic nitrogens is 3. The van der Waals surface area contributed by atoms with E-state index in [1.165, 1.54) is 29.5 Å². The van der Waals surface area contributed by atoms with Crippen molar-refractivity contribution < 1.29 is 9.72 Å². The highest BCUT2D eigenvalue weighted by molar-refractivity contribution is 7.98. The number of non-ortho nitro benzene ring substituents is 1. The first-order chi connectivity index (χ1) is 17.8. The minimum atomic E-state index is -0.499. The van der Waals surface area contributed by atoms with Crippen molar-refractivity contribution in [3.63, 3.8) is 0 Å². The molecule has 0 fully saturated rings. The summed E-state index contributed by atoms with van der Waals surface area (Å²) < 4.78 is 1.82.